The molecule has 1 amide bonds. The fourth-order valence-corrected chi connectivity index (χ4v) is 2.69. The van der Waals surface area contributed by atoms with Crippen LogP contribution in [-0.4, -0.2) is 48.2 Å². The Morgan fingerprint density at radius 2 is 2.17 bits per heavy atom. The molecule has 2 aromatic rings. The van der Waals surface area contributed by atoms with Crippen LogP contribution in [0.2, 0.25) is 0 Å². The number of aryl methyl sites for hydroxylation is 1. The van der Waals surface area contributed by atoms with Gasteiger partial charge in [-0.25, -0.2) is 4.98 Å². The van der Waals surface area contributed by atoms with Crippen LogP contribution in [-0.2, 0) is 4.74 Å². The van der Waals surface area contributed by atoms with Gasteiger partial charge in [-0.3, -0.25) is 4.79 Å². The molecule has 23 heavy (non-hydrogen) atoms. The van der Waals surface area contributed by atoms with Crippen LogP contribution in [0.25, 0.3) is 0 Å². The molecule has 1 saturated heterocycles. The van der Waals surface area contributed by atoms with Crippen molar-refractivity contribution in [2.75, 3.05) is 26.8 Å². The predicted octanol–water partition coefficient (Wildman–Crippen LogP) is 2.29. The molecule has 2 heterocycles. The largest absolute Gasteiger partial charge is 0.491 e. The summed E-state index contributed by atoms with van der Waals surface area (Å²) in [6.07, 6.45) is 3.40. The topological polar surface area (TPSA) is 64.8 Å². The highest BCUT2D eigenvalue weighted by molar-refractivity contribution is 5.91. The molecule has 1 fully saturated rings. The highest BCUT2D eigenvalue weighted by Gasteiger charge is 2.41. The van der Waals surface area contributed by atoms with Gasteiger partial charge in [-0.05, 0) is 25.5 Å². The number of methoxy groups -OCH3 is 1. The number of carbonyl (C=O) groups is 1. The van der Waals surface area contributed by atoms with Gasteiger partial charge in [-0.2, -0.15) is 0 Å². The van der Waals surface area contributed by atoms with Crippen molar-refractivity contribution in [1.82, 2.24) is 9.88 Å². The van der Waals surface area contributed by atoms with Gasteiger partial charge in [0.2, 0.25) is 5.76 Å². The average Bonchev–Trinajstić information content (AvgIpc) is 3.24. The lowest BCUT2D eigenvalue weighted by atomic mass is 10.0. The Labute approximate surface area is 135 Å². The molecular formula is C17H20N2O4. The number of oxazole rings is 1. The van der Waals surface area contributed by atoms with E-state index in [0.717, 1.165) is 12.2 Å². The quantitative estimate of drug-likeness (QED) is 0.847. The first kappa shape index (κ1) is 15.6. The smallest absolute Gasteiger partial charge is 0.291 e. The molecular weight excluding hydrogens is 296 g/mol. The lowest BCUT2D eigenvalue weighted by Gasteiger charge is -2.27. The number of nitrogens with zero attached hydrogens (tertiary/aromatic N) is 2. The highest BCUT2D eigenvalue weighted by Crippen LogP contribution is 2.27. The monoisotopic (exact) mass is 316 g/mol. The Morgan fingerprint density at radius 3 is 2.83 bits per heavy atom. The van der Waals surface area contributed by atoms with E-state index < -0.39 is 5.60 Å². The normalized spacial score (nSPS) is 20.7. The number of aromatic nitrogens is 1. The first-order valence-corrected chi connectivity index (χ1v) is 7.54. The molecule has 0 spiro atoms. The van der Waals surface area contributed by atoms with Crippen molar-refractivity contribution in [3.05, 3.63) is 48.2 Å². The minimum Gasteiger partial charge on any atom is -0.491 e. The second-order valence-corrected chi connectivity index (χ2v) is 5.83. The van der Waals surface area contributed by atoms with E-state index in [9.17, 15) is 4.79 Å². The molecule has 3 rings (SSSR count). The van der Waals surface area contributed by atoms with Crippen molar-refractivity contribution in [3.63, 3.8) is 0 Å². The second kappa shape index (κ2) is 6.42. The summed E-state index contributed by atoms with van der Waals surface area (Å²) in [5.41, 5.74) is 0.684. The molecule has 0 aliphatic carbocycles. The summed E-state index contributed by atoms with van der Waals surface area (Å²) in [4.78, 5) is 17.8. The van der Waals surface area contributed by atoms with E-state index in [1.54, 1.807) is 12.0 Å². The molecule has 1 aromatic heterocycles. The Balaban J connectivity index is 1.63. The standard InChI is InChI=1S/C17H20N2O4/c1-13-3-5-14(6-4-13)22-11-17(21-2)7-8-19(10-17)16(20)15-9-18-12-23-15/h3-6,9,12H,7-8,10-11H2,1-2H3/t17-/m0/s1. The molecule has 6 nitrogen and oxygen atoms in total. The van der Waals surface area contributed by atoms with Gasteiger partial charge in [0, 0.05) is 13.7 Å². The van der Waals surface area contributed by atoms with E-state index >= 15 is 0 Å². The van der Waals surface area contributed by atoms with Crippen molar-refractivity contribution in [2.24, 2.45) is 0 Å². The van der Waals surface area contributed by atoms with E-state index in [4.69, 9.17) is 13.9 Å². The molecule has 122 valence electrons. The molecule has 0 radical (unpaired) electrons. The van der Waals surface area contributed by atoms with E-state index in [1.165, 1.54) is 18.2 Å². The summed E-state index contributed by atoms with van der Waals surface area (Å²) >= 11 is 0. The number of hydrogen-bond donors (Lipinski definition) is 0. The zero-order valence-electron chi connectivity index (χ0n) is 13.3. The number of hydrogen-bond acceptors (Lipinski definition) is 5. The Bertz CT molecular complexity index is 654. The summed E-state index contributed by atoms with van der Waals surface area (Å²) in [6.45, 7) is 3.50. The Morgan fingerprint density at radius 1 is 1.39 bits per heavy atom. The predicted molar refractivity (Wildman–Crippen MR) is 83.4 cm³/mol. The van der Waals surface area contributed by atoms with Gasteiger partial charge in [0.1, 0.15) is 18.0 Å². The number of benzene rings is 1. The Kier molecular flexibility index (Phi) is 4.34. The Hall–Kier alpha value is -2.34. The van der Waals surface area contributed by atoms with Crippen molar-refractivity contribution in [1.29, 1.82) is 0 Å². The van der Waals surface area contributed by atoms with Crippen LogP contribution in [0, 0.1) is 6.92 Å². The molecule has 0 N–H and O–H groups in total. The van der Waals surface area contributed by atoms with Crippen molar-refractivity contribution < 1.29 is 18.7 Å². The first-order chi connectivity index (χ1) is 11.1. The van der Waals surface area contributed by atoms with Crippen molar-refractivity contribution >= 4 is 5.91 Å². The van der Waals surface area contributed by atoms with Crippen LogP contribution < -0.4 is 4.74 Å². The number of likely N-dealkylation sites (tertiary alicyclic amines) is 1. The number of rotatable bonds is 5. The average molecular weight is 316 g/mol. The maximum atomic E-state index is 12.3. The van der Waals surface area contributed by atoms with Crippen LogP contribution in [0.3, 0.4) is 0 Å². The molecule has 0 saturated carbocycles. The van der Waals surface area contributed by atoms with Crippen molar-refractivity contribution in [2.45, 2.75) is 18.9 Å². The zero-order chi connectivity index (χ0) is 16.3. The summed E-state index contributed by atoms with van der Waals surface area (Å²) in [5, 5.41) is 0. The van der Waals surface area contributed by atoms with E-state index in [1.807, 2.05) is 31.2 Å². The van der Waals surface area contributed by atoms with Gasteiger partial charge in [-0.1, -0.05) is 17.7 Å². The minimum atomic E-state index is -0.499. The summed E-state index contributed by atoms with van der Waals surface area (Å²) < 4.78 is 16.6. The van der Waals surface area contributed by atoms with Crippen LogP contribution in [0.15, 0.2) is 41.3 Å². The summed E-state index contributed by atoms with van der Waals surface area (Å²) in [7, 11) is 1.65. The SMILES string of the molecule is CO[C@@]1(COc2ccc(C)cc2)CCN(C(=O)c2cnco2)C1. The van der Waals surface area contributed by atoms with Crippen molar-refractivity contribution in [3.8, 4) is 5.75 Å². The minimum absolute atomic E-state index is 0.170. The number of ether oxygens (including phenoxy) is 2. The van der Waals surface area contributed by atoms with Gasteiger partial charge in [0.25, 0.3) is 5.91 Å². The van der Waals surface area contributed by atoms with Gasteiger partial charge in [0.15, 0.2) is 6.39 Å². The first-order valence-electron chi connectivity index (χ1n) is 7.54. The molecule has 0 bridgehead atoms. The van der Waals surface area contributed by atoms with Gasteiger partial charge >= 0.3 is 0 Å². The third-order valence-electron chi connectivity index (χ3n) is 4.20. The number of amides is 1. The molecule has 0 unspecified atom stereocenters. The molecule has 1 aliphatic rings. The number of carbonyl (C=O) groups excluding carboxylic acids is 1. The van der Waals surface area contributed by atoms with E-state index in [2.05, 4.69) is 4.98 Å². The molecule has 6 heteroatoms. The maximum absolute atomic E-state index is 12.3. The zero-order valence-corrected chi connectivity index (χ0v) is 13.3. The fourth-order valence-electron chi connectivity index (χ4n) is 2.69. The highest BCUT2D eigenvalue weighted by atomic mass is 16.5. The van der Waals surface area contributed by atoms with E-state index in [0.29, 0.717) is 19.7 Å². The van der Waals surface area contributed by atoms with Crippen LogP contribution in [0.1, 0.15) is 22.5 Å². The third-order valence-corrected chi connectivity index (χ3v) is 4.20. The summed E-state index contributed by atoms with van der Waals surface area (Å²) in [6, 6.07) is 7.88. The lowest BCUT2D eigenvalue weighted by Crippen LogP contribution is -2.42. The fraction of sp³-hybridized carbons (Fsp3) is 0.412. The summed E-state index contributed by atoms with van der Waals surface area (Å²) in [5.74, 6) is 0.875. The lowest BCUT2D eigenvalue weighted by molar-refractivity contribution is -0.0344. The van der Waals surface area contributed by atoms with Crippen LogP contribution >= 0.6 is 0 Å². The maximum Gasteiger partial charge on any atom is 0.291 e. The van der Waals surface area contributed by atoms with Crippen LogP contribution in [0.4, 0.5) is 0 Å². The molecule has 1 aliphatic heterocycles. The van der Waals surface area contributed by atoms with E-state index in [-0.39, 0.29) is 11.7 Å². The second-order valence-electron chi connectivity index (χ2n) is 5.83. The van der Waals surface area contributed by atoms with Gasteiger partial charge in [-0.15, -0.1) is 0 Å². The molecule has 1 atom stereocenters. The van der Waals surface area contributed by atoms with Gasteiger partial charge < -0.3 is 18.8 Å². The molecule has 1 aromatic carbocycles. The third kappa shape index (κ3) is 3.37. The van der Waals surface area contributed by atoms with Crippen LogP contribution in [0.5, 0.6) is 5.75 Å². The van der Waals surface area contributed by atoms with Gasteiger partial charge in [0.05, 0.1) is 12.7 Å².